The standard InChI is InChI=1S/C26H28FN3O3/c1-16(2)26-29-24(18-5-4-6-20(13-18)28-3)25(17-7-9-19(27)10-8-17)30(26)12-11-22-14-21(31)15-23(32)33-22/h4-13,16,21-22,28,31H,14-15H2,1-3H3/b12-11+. The first-order valence-electron chi connectivity index (χ1n) is 11.1. The average Bonchev–Trinajstić information content (AvgIpc) is 3.17. The zero-order chi connectivity index (χ0) is 23.5. The van der Waals surface area contributed by atoms with Crippen molar-refractivity contribution in [1.82, 2.24) is 9.55 Å². The van der Waals surface area contributed by atoms with E-state index in [0.29, 0.717) is 6.42 Å². The first kappa shape index (κ1) is 22.7. The highest BCUT2D eigenvalue weighted by atomic mass is 19.1. The average molecular weight is 450 g/mol. The van der Waals surface area contributed by atoms with Crippen LogP contribution in [-0.4, -0.2) is 39.9 Å². The molecule has 4 rings (SSSR count). The number of rotatable bonds is 6. The zero-order valence-electron chi connectivity index (χ0n) is 19.0. The van der Waals surface area contributed by atoms with Crippen molar-refractivity contribution in [2.75, 3.05) is 12.4 Å². The molecule has 33 heavy (non-hydrogen) atoms. The van der Waals surface area contributed by atoms with Gasteiger partial charge in [-0.3, -0.25) is 4.79 Å². The van der Waals surface area contributed by atoms with Crippen molar-refractivity contribution in [3.8, 4) is 22.5 Å². The van der Waals surface area contributed by atoms with E-state index < -0.39 is 18.2 Å². The summed E-state index contributed by atoms with van der Waals surface area (Å²) >= 11 is 0. The molecular formula is C26H28FN3O3. The molecule has 2 N–H and O–H groups in total. The third-order valence-electron chi connectivity index (χ3n) is 5.64. The second-order valence-electron chi connectivity index (χ2n) is 8.49. The number of nitrogens with one attached hydrogen (secondary N) is 1. The summed E-state index contributed by atoms with van der Waals surface area (Å²) in [4.78, 5) is 16.7. The summed E-state index contributed by atoms with van der Waals surface area (Å²) in [5, 5.41) is 13.1. The molecule has 0 radical (unpaired) electrons. The van der Waals surface area contributed by atoms with Crippen LogP contribution in [-0.2, 0) is 9.53 Å². The lowest BCUT2D eigenvalue weighted by atomic mass is 10.0. The Balaban J connectivity index is 1.88. The summed E-state index contributed by atoms with van der Waals surface area (Å²) in [7, 11) is 1.86. The Bertz CT molecular complexity index is 1170. The molecule has 172 valence electrons. The molecule has 1 aromatic heterocycles. The fraction of sp³-hybridized carbons (Fsp3) is 0.308. The number of benzene rings is 2. The highest BCUT2D eigenvalue weighted by molar-refractivity contribution is 5.82. The number of carbonyl (C=O) groups is 1. The van der Waals surface area contributed by atoms with Gasteiger partial charge in [0.05, 0.1) is 23.9 Å². The van der Waals surface area contributed by atoms with Gasteiger partial charge in [0.25, 0.3) is 0 Å². The number of aliphatic hydroxyl groups excluding tert-OH is 1. The van der Waals surface area contributed by atoms with Gasteiger partial charge in [-0.25, -0.2) is 9.37 Å². The van der Waals surface area contributed by atoms with E-state index in [2.05, 4.69) is 19.2 Å². The van der Waals surface area contributed by atoms with Crippen molar-refractivity contribution in [1.29, 1.82) is 0 Å². The minimum Gasteiger partial charge on any atom is -0.458 e. The topological polar surface area (TPSA) is 76.4 Å². The number of carbonyl (C=O) groups excluding carboxylic acids is 1. The van der Waals surface area contributed by atoms with Crippen molar-refractivity contribution in [3.05, 3.63) is 66.2 Å². The van der Waals surface area contributed by atoms with Gasteiger partial charge in [-0.15, -0.1) is 0 Å². The Morgan fingerprint density at radius 3 is 2.64 bits per heavy atom. The quantitative estimate of drug-likeness (QED) is 0.515. The number of imidazole rings is 1. The fourth-order valence-corrected chi connectivity index (χ4v) is 4.02. The lowest BCUT2D eigenvalue weighted by molar-refractivity contribution is -0.156. The molecule has 0 bridgehead atoms. The van der Waals surface area contributed by atoms with E-state index in [1.165, 1.54) is 12.1 Å². The van der Waals surface area contributed by atoms with Gasteiger partial charge in [-0.1, -0.05) is 26.0 Å². The van der Waals surface area contributed by atoms with Gasteiger partial charge in [-0.05, 0) is 42.5 Å². The van der Waals surface area contributed by atoms with Crippen molar-refractivity contribution in [3.63, 3.8) is 0 Å². The minimum absolute atomic E-state index is 0.0133. The molecule has 2 heterocycles. The van der Waals surface area contributed by atoms with E-state index in [4.69, 9.17) is 9.72 Å². The first-order valence-corrected chi connectivity index (χ1v) is 11.1. The van der Waals surface area contributed by atoms with Crippen molar-refractivity contribution in [2.45, 2.75) is 44.8 Å². The van der Waals surface area contributed by atoms with Gasteiger partial charge in [0.15, 0.2) is 0 Å². The zero-order valence-corrected chi connectivity index (χ0v) is 19.0. The lowest BCUT2D eigenvalue weighted by Crippen LogP contribution is -2.31. The molecule has 2 unspecified atom stereocenters. The summed E-state index contributed by atoms with van der Waals surface area (Å²) in [5.41, 5.74) is 4.27. The van der Waals surface area contributed by atoms with Gasteiger partial charge in [-0.2, -0.15) is 0 Å². The number of anilines is 1. The number of hydrogen-bond donors (Lipinski definition) is 2. The second-order valence-corrected chi connectivity index (χ2v) is 8.49. The number of halogens is 1. The third kappa shape index (κ3) is 4.98. The molecule has 2 atom stereocenters. The molecule has 1 fully saturated rings. The molecule has 0 aliphatic carbocycles. The normalized spacial score (nSPS) is 18.7. The van der Waals surface area contributed by atoms with Crippen LogP contribution in [0, 0.1) is 5.82 Å². The van der Waals surface area contributed by atoms with Crippen molar-refractivity contribution >= 4 is 17.9 Å². The van der Waals surface area contributed by atoms with Crippen LogP contribution in [0.4, 0.5) is 10.1 Å². The number of aromatic nitrogens is 2. The molecular weight excluding hydrogens is 421 g/mol. The van der Waals surface area contributed by atoms with Crippen LogP contribution in [0.3, 0.4) is 0 Å². The Kier molecular flexibility index (Phi) is 6.60. The van der Waals surface area contributed by atoms with E-state index in [1.54, 1.807) is 18.2 Å². The van der Waals surface area contributed by atoms with Gasteiger partial charge in [0.1, 0.15) is 17.7 Å². The molecule has 0 saturated carbocycles. The molecule has 1 aliphatic heterocycles. The Hall–Kier alpha value is -3.45. The maximum absolute atomic E-state index is 13.7. The van der Waals surface area contributed by atoms with E-state index >= 15 is 0 Å². The summed E-state index contributed by atoms with van der Waals surface area (Å²) in [6.07, 6.45) is 2.72. The summed E-state index contributed by atoms with van der Waals surface area (Å²) in [5.74, 6) is 0.181. The fourth-order valence-electron chi connectivity index (χ4n) is 4.02. The summed E-state index contributed by atoms with van der Waals surface area (Å²) in [6.45, 7) is 4.11. The van der Waals surface area contributed by atoms with E-state index in [9.17, 15) is 14.3 Å². The monoisotopic (exact) mass is 449 g/mol. The Morgan fingerprint density at radius 2 is 1.97 bits per heavy atom. The smallest absolute Gasteiger partial charge is 0.309 e. The lowest BCUT2D eigenvalue weighted by Gasteiger charge is -2.23. The molecule has 0 amide bonds. The van der Waals surface area contributed by atoms with Gasteiger partial charge in [0, 0.05) is 42.4 Å². The van der Waals surface area contributed by atoms with Gasteiger partial charge < -0.3 is 19.7 Å². The van der Waals surface area contributed by atoms with Crippen molar-refractivity contribution in [2.24, 2.45) is 0 Å². The maximum Gasteiger partial charge on any atom is 0.309 e. The number of hydrogen-bond acceptors (Lipinski definition) is 5. The number of nitrogens with zero attached hydrogens (tertiary/aromatic N) is 2. The third-order valence-corrected chi connectivity index (χ3v) is 5.64. The van der Waals surface area contributed by atoms with Crippen LogP contribution < -0.4 is 5.32 Å². The van der Waals surface area contributed by atoms with Crippen LogP contribution >= 0.6 is 0 Å². The van der Waals surface area contributed by atoms with Crippen LogP contribution in [0.5, 0.6) is 0 Å². The predicted molar refractivity (Wildman–Crippen MR) is 127 cm³/mol. The van der Waals surface area contributed by atoms with Crippen LogP contribution in [0.25, 0.3) is 28.7 Å². The van der Waals surface area contributed by atoms with E-state index in [1.807, 2.05) is 42.1 Å². The van der Waals surface area contributed by atoms with Crippen LogP contribution in [0.1, 0.15) is 38.4 Å². The molecule has 0 spiro atoms. The highest BCUT2D eigenvalue weighted by Gasteiger charge is 2.26. The molecule has 1 aliphatic rings. The largest absolute Gasteiger partial charge is 0.458 e. The summed E-state index contributed by atoms with van der Waals surface area (Å²) in [6, 6.07) is 14.3. The number of esters is 1. The SMILES string of the molecule is CNc1cccc(-c2nc(C(C)C)n(/C=C/C3CC(O)CC(=O)O3)c2-c2ccc(F)cc2)c1. The van der Waals surface area contributed by atoms with E-state index in [-0.39, 0.29) is 18.2 Å². The first-order chi connectivity index (χ1) is 15.9. The minimum atomic E-state index is -0.718. The molecule has 3 aromatic rings. The second kappa shape index (κ2) is 9.58. The van der Waals surface area contributed by atoms with Crippen molar-refractivity contribution < 1.29 is 19.0 Å². The Labute approximate surface area is 192 Å². The predicted octanol–water partition coefficient (Wildman–Crippen LogP) is 5.06. The maximum atomic E-state index is 13.7. The molecule has 6 nitrogen and oxygen atoms in total. The molecule has 1 saturated heterocycles. The van der Waals surface area contributed by atoms with E-state index in [0.717, 1.165) is 34.0 Å². The van der Waals surface area contributed by atoms with Crippen LogP contribution in [0.2, 0.25) is 0 Å². The highest BCUT2D eigenvalue weighted by Crippen LogP contribution is 2.36. The molecule has 2 aromatic carbocycles. The van der Waals surface area contributed by atoms with Crippen LogP contribution in [0.15, 0.2) is 54.6 Å². The number of ether oxygens (including phenoxy) is 1. The number of cyclic esters (lactones) is 1. The van der Waals surface area contributed by atoms with Gasteiger partial charge in [0.2, 0.25) is 0 Å². The molecule has 7 heteroatoms. The summed E-state index contributed by atoms with van der Waals surface area (Å²) < 4.78 is 21.1. The van der Waals surface area contributed by atoms with Gasteiger partial charge >= 0.3 is 5.97 Å². The Morgan fingerprint density at radius 1 is 1.21 bits per heavy atom. The number of aliphatic hydroxyl groups is 1.